The van der Waals surface area contributed by atoms with Gasteiger partial charge in [0.2, 0.25) is 10.9 Å². The molecule has 1 aliphatic carbocycles. The highest BCUT2D eigenvalue weighted by molar-refractivity contribution is 6.30. The van der Waals surface area contributed by atoms with Gasteiger partial charge in [0.15, 0.2) is 0 Å². The van der Waals surface area contributed by atoms with E-state index in [1.54, 1.807) is 18.2 Å². The highest BCUT2D eigenvalue weighted by atomic mass is 35.5. The van der Waals surface area contributed by atoms with Crippen molar-refractivity contribution in [3.63, 3.8) is 0 Å². The average Bonchev–Trinajstić information content (AvgIpc) is 2.55. The van der Waals surface area contributed by atoms with Crippen molar-refractivity contribution >= 4 is 17.3 Å². The molecule has 0 aliphatic heterocycles. The number of hydrogen-bond acceptors (Lipinski definition) is 4. The maximum absolute atomic E-state index is 11.7. The van der Waals surface area contributed by atoms with E-state index >= 15 is 0 Å². The minimum Gasteiger partial charge on any atom is -0.493 e. The molecule has 2 N–H and O–H groups in total. The fourth-order valence-corrected chi connectivity index (χ4v) is 3.22. The Bertz CT molecular complexity index is 756. The van der Waals surface area contributed by atoms with E-state index in [0.717, 1.165) is 12.8 Å². The predicted octanol–water partition coefficient (Wildman–Crippen LogP) is 3.14. The summed E-state index contributed by atoms with van der Waals surface area (Å²) in [7, 11) is 0. The van der Waals surface area contributed by atoms with Crippen molar-refractivity contribution in [2.75, 3.05) is 12.3 Å². The van der Waals surface area contributed by atoms with Gasteiger partial charge in [-0.1, -0.05) is 30.9 Å². The van der Waals surface area contributed by atoms with Gasteiger partial charge in [0.25, 0.3) is 0 Å². The molecule has 0 unspecified atom stereocenters. The zero-order chi connectivity index (χ0) is 15.7. The van der Waals surface area contributed by atoms with E-state index in [1.807, 2.05) is 0 Å². The van der Waals surface area contributed by atoms with Crippen LogP contribution in [-0.2, 0) is 0 Å². The van der Waals surface area contributed by atoms with Crippen LogP contribution < -0.4 is 21.3 Å². The Morgan fingerprint density at radius 2 is 1.86 bits per heavy atom. The van der Waals surface area contributed by atoms with Crippen molar-refractivity contribution in [3.05, 3.63) is 43.7 Å². The van der Waals surface area contributed by atoms with Crippen LogP contribution in [0.3, 0.4) is 0 Å². The molecule has 0 spiro atoms. The van der Waals surface area contributed by atoms with Crippen molar-refractivity contribution in [3.8, 4) is 16.9 Å². The molecular weight excluding hydrogens is 302 g/mol. The van der Waals surface area contributed by atoms with Gasteiger partial charge >= 0.3 is 0 Å². The first kappa shape index (κ1) is 15.1. The summed E-state index contributed by atoms with van der Waals surface area (Å²) in [6, 6.07) is 5.03. The molecule has 116 valence electrons. The number of halogens is 1. The number of rotatable bonds is 4. The van der Waals surface area contributed by atoms with E-state index < -0.39 is 10.9 Å². The molecule has 2 aromatic carbocycles. The van der Waals surface area contributed by atoms with Crippen LogP contribution in [0, 0.1) is 5.92 Å². The molecule has 1 aliphatic rings. The Morgan fingerprint density at radius 1 is 1.14 bits per heavy atom. The van der Waals surface area contributed by atoms with E-state index in [2.05, 4.69) is 0 Å². The number of nitrogen functional groups attached to an aromatic ring is 1. The second-order valence-corrected chi connectivity index (χ2v) is 6.34. The topological polar surface area (TPSA) is 69.4 Å². The second kappa shape index (κ2) is 6.13. The van der Waals surface area contributed by atoms with E-state index in [4.69, 9.17) is 22.1 Å². The molecule has 22 heavy (non-hydrogen) atoms. The van der Waals surface area contributed by atoms with E-state index in [9.17, 15) is 9.59 Å². The van der Waals surface area contributed by atoms with Crippen molar-refractivity contribution in [2.45, 2.75) is 32.1 Å². The lowest BCUT2D eigenvalue weighted by molar-refractivity contribution is 0.209. The molecular formula is C17H18ClNO3. The fraction of sp³-hybridized carbons (Fsp3) is 0.412. The summed E-state index contributed by atoms with van der Waals surface area (Å²) >= 11 is 6.03. The van der Waals surface area contributed by atoms with Crippen LogP contribution in [0.4, 0.5) is 5.69 Å². The van der Waals surface area contributed by atoms with Gasteiger partial charge in [-0.15, -0.1) is 0 Å². The number of anilines is 1. The molecule has 4 nitrogen and oxygen atoms in total. The zero-order valence-electron chi connectivity index (χ0n) is 12.2. The lowest BCUT2D eigenvalue weighted by Gasteiger charge is -2.22. The first-order valence-electron chi connectivity index (χ1n) is 7.59. The van der Waals surface area contributed by atoms with Crippen LogP contribution in [0.5, 0.6) is 5.75 Å². The summed E-state index contributed by atoms with van der Waals surface area (Å²) < 4.78 is 5.91. The van der Waals surface area contributed by atoms with Gasteiger partial charge in [-0.2, -0.15) is 0 Å². The average molecular weight is 320 g/mol. The van der Waals surface area contributed by atoms with Crippen LogP contribution in [0.1, 0.15) is 32.1 Å². The van der Waals surface area contributed by atoms with Crippen molar-refractivity contribution in [2.24, 2.45) is 5.92 Å². The molecule has 0 amide bonds. The minimum atomic E-state index is -0.622. The normalized spacial score (nSPS) is 16.0. The van der Waals surface area contributed by atoms with Gasteiger partial charge in [0, 0.05) is 10.6 Å². The van der Waals surface area contributed by atoms with Crippen LogP contribution in [0.15, 0.2) is 27.8 Å². The molecule has 2 aromatic rings. The number of ether oxygens (including phenoxy) is 1. The molecule has 0 bridgehead atoms. The molecule has 0 heterocycles. The molecule has 0 aromatic heterocycles. The Labute approximate surface area is 133 Å². The molecule has 0 saturated heterocycles. The van der Waals surface area contributed by atoms with Gasteiger partial charge in [0.05, 0.1) is 17.9 Å². The van der Waals surface area contributed by atoms with E-state index in [-0.39, 0.29) is 11.3 Å². The van der Waals surface area contributed by atoms with E-state index in [1.165, 1.54) is 19.3 Å². The highest BCUT2D eigenvalue weighted by Crippen LogP contribution is 2.34. The van der Waals surface area contributed by atoms with Crippen LogP contribution in [0.25, 0.3) is 11.1 Å². The highest BCUT2D eigenvalue weighted by Gasteiger charge is 2.23. The lowest BCUT2D eigenvalue weighted by Crippen LogP contribution is -2.36. The third kappa shape index (κ3) is 2.75. The Kier molecular flexibility index (Phi) is 4.21. The molecule has 1 saturated carbocycles. The first-order valence-corrected chi connectivity index (χ1v) is 7.97. The smallest absolute Gasteiger partial charge is 0.249 e. The van der Waals surface area contributed by atoms with Gasteiger partial charge < -0.3 is 10.5 Å². The maximum Gasteiger partial charge on any atom is 0.249 e. The monoisotopic (exact) mass is 319 g/mol. The predicted molar refractivity (Wildman–Crippen MR) is 88.3 cm³/mol. The SMILES string of the molecule is Nc1c(-c2ccc(Cl)cc2OCC2CCCCC2)c(=O)c1=O. The molecule has 5 heteroatoms. The lowest BCUT2D eigenvalue weighted by atomic mass is 9.90. The van der Waals surface area contributed by atoms with Crippen LogP contribution in [0.2, 0.25) is 5.02 Å². The van der Waals surface area contributed by atoms with Gasteiger partial charge in [-0.3, -0.25) is 9.59 Å². The van der Waals surface area contributed by atoms with Crippen molar-refractivity contribution < 1.29 is 4.74 Å². The number of hydrogen-bond donors (Lipinski definition) is 1. The second-order valence-electron chi connectivity index (χ2n) is 5.90. The quantitative estimate of drug-likeness (QED) is 0.879. The van der Waals surface area contributed by atoms with Crippen molar-refractivity contribution in [1.82, 2.24) is 0 Å². The third-order valence-corrected chi connectivity index (χ3v) is 4.59. The number of nitrogens with two attached hydrogens (primary N) is 1. The maximum atomic E-state index is 11.7. The first-order chi connectivity index (χ1) is 10.6. The van der Waals surface area contributed by atoms with Gasteiger partial charge in [-0.05, 0) is 37.0 Å². The molecule has 3 rings (SSSR count). The Morgan fingerprint density at radius 3 is 2.55 bits per heavy atom. The summed E-state index contributed by atoms with van der Waals surface area (Å²) in [6.45, 7) is 0.600. The summed E-state index contributed by atoms with van der Waals surface area (Å²) in [5.74, 6) is 1.06. The fourth-order valence-electron chi connectivity index (χ4n) is 3.06. The molecule has 0 radical (unpaired) electrons. The summed E-state index contributed by atoms with van der Waals surface area (Å²) in [6.07, 6.45) is 6.10. The summed E-state index contributed by atoms with van der Waals surface area (Å²) in [5, 5.41) is 0.527. The van der Waals surface area contributed by atoms with E-state index in [0.29, 0.717) is 28.9 Å². The Balaban J connectivity index is 1.85. The van der Waals surface area contributed by atoms with Crippen LogP contribution >= 0.6 is 11.6 Å². The third-order valence-electron chi connectivity index (χ3n) is 4.36. The van der Waals surface area contributed by atoms with Gasteiger partial charge in [0.1, 0.15) is 5.75 Å². The zero-order valence-corrected chi connectivity index (χ0v) is 13.0. The molecule has 0 atom stereocenters. The summed E-state index contributed by atoms with van der Waals surface area (Å²) in [5.41, 5.74) is 5.30. The Hall–Kier alpha value is -1.81. The van der Waals surface area contributed by atoms with Gasteiger partial charge in [-0.25, -0.2) is 0 Å². The largest absolute Gasteiger partial charge is 0.493 e. The summed E-state index contributed by atoms with van der Waals surface area (Å²) in [4.78, 5) is 23.1. The molecule has 1 fully saturated rings. The minimum absolute atomic E-state index is 0.00911. The van der Waals surface area contributed by atoms with Crippen molar-refractivity contribution in [1.29, 1.82) is 0 Å². The number of benzene rings is 1. The standard InChI is InChI=1S/C17H18ClNO3/c18-11-6-7-12(14-15(19)17(21)16(14)20)13(8-11)22-9-10-4-2-1-3-5-10/h6-8,10H,1-5,9,19H2. The van der Waals surface area contributed by atoms with Crippen LogP contribution in [-0.4, -0.2) is 6.61 Å².